The monoisotopic (exact) mass is 273 g/mol. The van der Waals surface area contributed by atoms with Crippen LogP contribution in [0.4, 0.5) is 0 Å². The molecule has 0 radical (unpaired) electrons. The Bertz CT molecular complexity index is 575. The van der Waals surface area contributed by atoms with Crippen molar-refractivity contribution in [3.63, 3.8) is 0 Å². The molecule has 108 valence electrons. The molecule has 4 nitrogen and oxygen atoms in total. The third-order valence-electron chi connectivity index (χ3n) is 3.32. The fraction of sp³-hybridized carbons (Fsp3) is 0.438. The lowest BCUT2D eigenvalue weighted by Crippen LogP contribution is -2.14. The van der Waals surface area contributed by atoms with Crippen LogP contribution in [0.25, 0.3) is 0 Å². The Labute approximate surface area is 120 Å². The summed E-state index contributed by atoms with van der Waals surface area (Å²) >= 11 is 0. The second-order valence-corrected chi connectivity index (χ2v) is 5.04. The minimum Gasteiger partial charge on any atom is -0.439 e. The van der Waals surface area contributed by atoms with Gasteiger partial charge < -0.3 is 10.1 Å². The van der Waals surface area contributed by atoms with E-state index in [1.807, 2.05) is 49.8 Å². The fourth-order valence-electron chi connectivity index (χ4n) is 2.18. The van der Waals surface area contributed by atoms with Crippen molar-refractivity contribution >= 4 is 0 Å². The number of nitrogens with zero attached hydrogens (tertiary/aromatic N) is 2. The molecule has 0 aliphatic heterocycles. The molecular weight excluding hydrogens is 250 g/mol. The zero-order valence-corrected chi connectivity index (χ0v) is 12.7. The summed E-state index contributed by atoms with van der Waals surface area (Å²) in [5.41, 5.74) is 3.27. The maximum absolute atomic E-state index is 6.08. The summed E-state index contributed by atoms with van der Waals surface area (Å²) in [6.45, 7) is 8.02. The SMILES string of the molecule is CCCNCc1c(C)nn(C)c1Oc1ccccc1C. The first-order valence-corrected chi connectivity index (χ1v) is 7.10. The van der Waals surface area contributed by atoms with E-state index in [0.29, 0.717) is 0 Å². The summed E-state index contributed by atoms with van der Waals surface area (Å²) in [5, 5.41) is 7.88. The molecule has 0 atom stereocenters. The Morgan fingerprint density at radius 3 is 2.70 bits per heavy atom. The molecule has 20 heavy (non-hydrogen) atoms. The van der Waals surface area contributed by atoms with Crippen LogP contribution in [0.5, 0.6) is 11.6 Å². The lowest BCUT2D eigenvalue weighted by molar-refractivity contribution is 0.421. The summed E-state index contributed by atoms with van der Waals surface area (Å²) < 4.78 is 7.89. The number of rotatable bonds is 6. The topological polar surface area (TPSA) is 39.1 Å². The molecule has 4 heteroatoms. The van der Waals surface area contributed by atoms with Gasteiger partial charge in [0.2, 0.25) is 5.88 Å². The second kappa shape index (κ2) is 6.57. The van der Waals surface area contributed by atoms with Gasteiger partial charge in [-0.05, 0) is 38.4 Å². The van der Waals surface area contributed by atoms with Crippen molar-refractivity contribution in [3.05, 3.63) is 41.1 Å². The number of nitrogens with one attached hydrogen (secondary N) is 1. The van der Waals surface area contributed by atoms with Crippen molar-refractivity contribution in [2.45, 2.75) is 33.7 Å². The molecule has 0 unspecified atom stereocenters. The lowest BCUT2D eigenvalue weighted by Gasteiger charge is -2.11. The number of ether oxygens (including phenoxy) is 1. The van der Waals surface area contributed by atoms with Gasteiger partial charge in [-0.2, -0.15) is 5.10 Å². The van der Waals surface area contributed by atoms with E-state index in [2.05, 4.69) is 17.3 Å². The van der Waals surface area contributed by atoms with Crippen LogP contribution >= 0.6 is 0 Å². The molecule has 0 amide bonds. The van der Waals surface area contributed by atoms with Crippen molar-refractivity contribution in [2.75, 3.05) is 6.54 Å². The summed E-state index contributed by atoms with van der Waals surface area (Å²) in [6, 6.07) is 8.04. The quantitative estimate of drug-likeness (QED) is 0.821. The average Bonchev–Trinajstić information content (AvgIpc) is 2.68. The van der Waals surface area contributed by atoms with E-state index in [1.54, 1.807) is 0 Å². The van der Waals surface area contributed by atoms with Crippen LogP contribution in [-0.4, -0.2) is 16.3 Å². The zero-order valence-electron chi connectivity index (χ0n) is 12.7. The number of para-hydroxylation sites is 1. The highest BCUT2D eigenvalue weighted by atomic mass is 16.5. The normalized spacial score (nSPS) is 10.8. The van der Waals surface area contributed by atoms with Gasteiger partial charge >= 0.3 is 0 Å². The Morgan fingerprint density at radius 1 is 1.25 bits per heavy atom. The van der Waals surface area contributed by atoms with Crippen LogP contribution in [0, 0.1) is 13.8 Å². The summed E-state index contributed by atoms with van der Waals surface area (Å²) in [7, 11) is 1.92. The highest BCUT2D eigenvalue weighted by Crippen LogP contribution is 2.29. The lowest BCUT2D eigenvalue weighted by atomic mass is 10.2. The van der Waals surface area contributed by atoms with Gasteiger partial charge in [0, 0.05) is 13.6 Å². The van der Waals surface area contributed by atoms with Crippen molar-refractivity contribution in [1.82, 2.24) is 15.1 Å². The third kappa shape index (κ3) is 3.20. The van der Waals surface area contributed by atoms with E-state index in [9.17, 15) is 0 Å². The molecule has 0 saturated carbocycles. The van der Waals surface area contributed by atoms with Crippen molar-refractivity contribution < 1.29 is 4.74 Å². The molecule has 1 heterocycles. The molecule has 2 aromatic rings. The maximum atomic E-state index is 6.08. The molecule has 1 aromatic heterocycles. The molecule has 0 aliphatic rings. The van der Waals surface area contributed by atoms with Crippen LogP contribution in [0.2, 0.25) is 0 Å². The molecule has 0 aliphatic carbocycles. The number of benzene rings is 1. The fourth-order valence-corrected chi connectivity index (χ4v) is 2.18. The third-order valence-corrected chi connectivity index (χ3v) is 3.32. The molecular formula is C16H23N3O. The van der Waals surface area contributed by atoms with Gasteiger partial charge in [0.25, 0.3) is 0 Å². The Morgan fingerprint density at radius 2 is 2.00 bits per heavy atom. The van der Waals surface area contributed by atoms with Crippen LogP contribution in [0.3, 0.4) is 0 Å². The largest absolute Gasteiger partial charge is 0.439 e. The van der Waals surface area contributed by atoms with E-state index in [4.69, 9.17) is 4.74 Å². The molecule has 0 fully saturated rings. The molecule has 2 rings (SSSR count). The minimum absolute atomic E-state index is 0.786. The van der Waals surface area contributed by atoms with Crippen molar-refractivity contribution in [3.8, 4) is 11.6 Å². The first-order chi connectivity index (χ1) is 9.63. The standard InChI is InChI=1S/C16H23N3O/c1-5-10-17-11-14-13(3)18-19(4)16(14)20-15-9-7-6-8-12(15)2/h6-9,17H,5,10-11H2,1-4H3. The first-order valence-electron chi connectivity index (χ1n) is 7.10. The van der Waals surface area contributed by atoms with Crippen LogP contribution in [0.1, 0.15) is 30.2 Å². The highest BCUT2D eigenvalue weighted by Gasteiger charge is 2.15. The second-order valence-electron chi connectivity index (χ2n) is 5.04. The van der Waals surface area contributed by atoms with Gasteiger partial charge in [0.1, 0.15) is 5.75 Å². The summed E-state index contributed by atoms with van der Waals surface area (Å²) in [4.78, 5) is 0. The average molecular weight is 273 g/mol. The van der Waals surface area contributed by atoms with E-state index in [-0.39, 0.29) is 0 Å². The molecule has 0 spiro atoms. The number of hydrogen-bond donors (Lipinski definition) is 1. The van der Waals surface area contributed by atoms with Gasteiger partial charge in [-0.1, -0.05) is 25.1 Å². The number of aromatic nitrogens is 2. The van der Waals surface area contributed by atoms with Crippen LogP contribution < -0.4 is 10.1 Å². The summed E-state index contributed by atoms with van der Waals surface area (Å²) in [5.74, 6) is 1.70. The van der Waals surface area contributed by atoms with E-state index in [1.165, 1.54) is 0 Å². The Balaban J connectivity index is 2.24. The van der Waals surface area contributed by atoms with Crippen molar-refractivity contribution in [1.29, 1.82) is 0 Å². The minimum atomic E-state index is 0.786. The van der Waals surface area contributed by atoms with E-state index < -0.39 is 0 Å². The first kappa shape index (κ1) is 14.6. The molecule has 1 aromatic carbocycles. The predicted molar refractivity (Wildman–Crippen MR) is 81.2 cm³/mol. The Hall–Kier alpha value is -1.81. The highest BCUT2D eigenvalue weighted by molar-refractivity contribution is 5.39. The van der Waals surface area contributed by atoms with Crippen LogP contribution in [-0.2, 0) is 13.6 Å². The zero-order chi connectivity index (χ0) is 14.5. The number of hydrogen-bond acceptors (Lipinski definition) is 3. The van der Waals surface area contributed by atoms with E-state index >= 15 is 0 Å². The molecule has 0 bridgehead atoms. The van der Waals surface area contributed by atoms with E-state index in [0.717, 1.165) is 48.0 Å². The van der Waals surface area contributed by atoms with Gasteiger partial charge in [-0.3, -0.25) is 0 Å². The van der Waals surface area contributed by atoms with Crippen molar-refractivity contribution in [2.24, 2.45) is 7.05 Å². The predicted octanol–water partition coefficient (Wildman–Crippen LogP) is 3.33. The Kier molecular flexibility index (Phi) is 4.79. The summed E-state index contributed by atoms with van der Waals surface area (Å²) in [6.07, 6.45) is 1.12. The smallest absolute Gasteiger partial charge is 0.222 e. The molecule has 0 saturated heterocycles. The van der Waals surface area contributed by atoms with Gasteiger partial charge in [-0.15, -0.1) is 0 Å². The van der Waals surface area contributed by atoms with Crippen LogP contribution in [0.15, 0.2) is 24.3 Å². The number of aryl methyl sites for hydroxylation is 3. The van der Waals surface area contributed by atoms with Gasteiger partial charge in [0.05, 0.1) is 11.3 Å². The maximum Gasteiger partial charge on any atom is 0.222 e. The van der Waals surface area contributed by atoms with Gasteiger partial charge in [0.15, 0.2) is 0 Å². The molecule has 1 N–H and O–H groups in total. The van der Waals surface area contributed by atoms with Gasteiger partial charge in [-0.25, -0.2) is 4.68 Å².